The molecule has 0 aliphatic carbocycles. The van der Waals surface area contributed by atoms with E-state index >= 15 is 0 Å². The van der Waals surface area contributed by atoms with Gasteiger partial charge in [-0.2, -0.15) is 0 Å². The van der Waals surface area contributed by atoms with Crippen LogP contribution in [-0.4, -0.2) is 41.9 Å². The maximum atomic E-state index is 11.7. The van der Waals surface area contributed by atoms with Crippen molar-refractivity contribution in [2.45, 2.75) is 37.8 Å². The molecule has 1 saturated heterocycles. The van der Waals surface area contributed by atoms with Gasteiger partial charge in [-0.25, -0.2) is 9.59 Å². The quantitative estimate of drug-likeness (QED) is 0.631. The normalized spacial score (nSPS) is 19.3. The molecule has 0 spiro atoms. The van der Waals surface area contributed by atoms with Crippen molar-refractivity contribution in [1.29, 1.82) is 0 Å². The average molecular weight is 254 g/mol. The zero-order chi connectivity index (χ0) is 13.6. The van der Waals surface area contributed by atoms with Crippen LogP contribution in [0, 0.1) is 12.3 Å². The maximum absolute atomic E-state index is 11.7. The van der Waals surface area contributed by atoms with Crippen molar-refractivity contribution >= 4 is 12.0 Å². The zero-order valence-corrected chi connectivity index (χ0v) is 10.4. The molecule has 6 heteroatoms. The summed E-state index contributed by atoms with van der Waals surface area (Å²) < 4.78 is 5.11. The Kier molecular flexibility index (Phi) is 4.98. The number of carbonyl (C=O) groups excluding carboxylic acids is 1. The van der Waals surface area contributed by atoms with Crippen LogP contribution in [-0.2, 0) is 9.53 Å². The summed E-state index contributed by atoms with van der Waals surface area (Å²) in [7, 11) is 0. The monoisotopic (exact) mass is 254 g/mol. The van der Waals surface area contributed by atoms with E-state index in [1.165, 1.54) is 0 Å². The molecular formula is C12H18N2O4. The second-order valence-electron chi connectivity index (χ2n) is 4.23. The summed E-state index contributed by atoms with van der Waals surface area (Å²) in [5, 5.41) is 14.3. The molecule has 0 aromatic carbocycles. The molecule has 18 heavy (non-hydrogen) atoms. The van der Waals surface area contributed by atoms with Crippen LogP contribution in [0.1, 0.15) is 26.2 Å². The van der Waals surface area contributed by atoms with Crippen LogP contribution in [0.3, 0.4) is 0 Å². The number of nitrogens with one attached hydrogen (secondary N) is 2. The van der Waals surface area contributed by atoms with Crippen LogP contribution in [0.4, 0.5) is 4.79 Å². The minimum atomic E-state index is -1.25. The van der Waals surface area contributed by atoms with Gasteiger partial charge in [0.1, 0.15) is 5.54 Å². The topological polar surface area (TPSA) is 87.7 Å². The number of carbonyl (C=O) groups is 2. The summed E-state index contributed by atoms with van der Waals surface area (Å²) in [6.07, 6.45) is 6.32. The summed E-state index contributed by atoms with van der Waals surface area (Å²) in [6.45, 7) is 2.48. The smallest absolute Gasteiger partial charge is 0.329 e. The number of carboxylic acid groups (broad SMARTS) is 1. The van der Waals surface area contributed by atoms with Gasteiger partial charge in [0, 0.05) is 26.1 Å². The molecule has 0 aromatic heterocycles. The molecule has 1 aliphatic rings. The molecule has 1 atom stereocenters. The van der Waals surface area contributed by atoms with E-state index in [2.05, 4.69) is 16.6 Å². The van der Waals surface area contributed by atoms with Gasteiger partial charge in [-0.05, 0) is 6.42 Å². The number of aliphatic carboxylic acids is 1. The van der Waals surface area contributed by atoms with Crippen LogP contribution in [0.5, 0.6) is 0 Å². The molecule has 100 valence electrons. The standard InChI is InChI=1S/C12H18N2O4/c1-3-9(4-2)13-11(17)14-12(10(15)16)5-7-18-8-6-12/h1,9H,4-8H2,2H3,(H,15,16)(H2,13,14,17). The van der Waals surface area contributed by atoms with Crippen LogP contribution >= 0.6 is 0 Å². The fourth-order valence-corrected chi connectivity index (χ4v) is 1.79. The summed E-state index contributed by atoms with van der Waals surface area (Å²) >= 11 is 0. The lowest BCUT2D eigenvalue weighted by Gasteiger charge is -2.34. The molecule has 1 aliphatic heterocycles. The highest BCUT2D eigenvalue weighted by Gasteiger charge is 2.41. The van der Waals surface area contributed by atoms with Crippen molar-refractivity contribution in [2.24, 2.45) is 0 Å². The van der Waals surface area contributed by atoms with Crippen molar-refractivity contribution in [3.63, 3.8) is 0 Å². The van der Waals surface area contributed by atoms with E-state index in [9.17, 15) is 14.7 Å². The molecule has 1 rings (SSSR count). The molecular weight excluding hydrogens is 236 g/mol. The average Bonchev–Trinajstić information content (AvgIpc) is 2.36. The van der Waals surface area contributed by atoms with Gasteiger partial charge in [0.2, 0.25) is 0 Å². The molecule has 1 heterocycles. The largest absolute Gasteiger partial charge is 0.480 e. The SMILES string of the molecule is C#CC(CC)NC(=O)NC1(C(=O)O)CCOCC1. The number of carboxylic acids is 1. The number of rotatable bonds is 4. The van der Waals surface area contributed by atoms with E-state index in [1.807, 2.05) is 6.92 Å². The first-order valence-corrected chi connectivity index (χ1v) is 5.90. The van der Waals surface area contributed by atoms with E-state index in [4.69, 9.17) is 11.2 Å². The number of amides is 2. The lowest BCUT2D eigenvalue weighted by Crippen LogP contribution is -2.60. The Labute approximate surface area is 106 Å². The van der Waals surface area contributed by atoms with Gasteiger partial charge in [0.05, 0.1) is 6.04 Å². The molecule has 6 nitrogen and oxygen atoms in total. The van der Waals surface area contributed by atoms with Crippen molar-refractivity contribution in [3.05, 3.63) is 0 Å². The number of hydrogen-bond donors (Lipinski definition) is 3. The molecule has 2 amide bonds. The number of terminal acetylenes is 1. The third-order valence-corrected chi connectivity index (χ3v) is 3.02. The molecule has 0 radical (unpaired) electrons. The number of urea groups is 1. The van der Waals surface area contributed by atoms with Gasteiger partial charge in [0.25, 0.3) is 0 Å². The van der Waals surface area contributed by atoms with Crippen molar-refractivity contribution in [3.8, 4) is 12.3 Å². The highest BCUT2D eigenvalue weighted by molar-refractivity contribution is 5.86. The Balaban J connectivity index is 2.64. The molecule has 1 fully saturated rings. The Morgan fingerprint density at radius 1 is 1.50 bits per heavy atom. The van der Waals surface area contributed by atoms with Crippen molar-refractivity contribution in [1.82, 2.24) is 10.6 Å². The highest BCUT2D eigenvalue weighted by atomic mass is 16.5. The summed E-state index contributed by atoms with van der Waals surface area (Å²) in [4.78, 5) is 23.0. The van der Waals surface area contributed by atoms with Gasteiger partial charge in [-0.15, -0.1) is 6.42 Å². The Morgan fingerprint density at radius 3 is 2.56 bits per heavy atom. The first-order chi connectivity index (χ1) is 8.54. The van der Waals surface area contributed by atoms with Crippen molar-refractivity contribution < 1.29 is 19.4 Å². The van der Waals surface area contributed by atoms with Gasteiger partial charge < -0.3 is 20.5 Å². The van der Waals surface area contributed by atoms with Crippen LogP contribution in [0.25, 0.3) is 0 Å². The highest BCUT2D eigenvalue weighted by Crippen LogP contribution is 2.20. The Bertz CT molecular complexity index is 356. The lowest BCUT2D eigenvalue weighted by atomic mass is 9.90. The van der Waals surface area contributed by atoms with Crippen LogP contribution in [0.15, 0.2) is 0 Å². The third-order valence-electron chi connectivity index (χ3n) is 3.02. The van der Waals surface area contributed by atoms with Crippen molar-refractivity contribution in [2.75, 3.05) is 13.2 Å². The van der Waals surface area contributed by atoms with Crippen LogP contribution < -0.4 is 10.6 Å². The molecule has 1 unspecified atom stereocenters. The summed E-state index contributed by atoms with van der Waals surface area (Å²) in [5.74, 6) is 1.37. The van der Waals surface area contributed by atoms with E-state index in [-0.39, 0.29) is 12.8 Å². The molecule has 0 aromatic rings. The van der Waals surface area contributed by atoms with Gasteiger partial charge >= 0.3 is 12.0 Å². The Morgan fingerprint density at radius 2 is 2.11 bits per heavy atom. The predicted octanol–water partition coefficient (Wildman–Crippen LogP) is 0.331. The maximum Gasteiger partial charge on any atom is 0.329 e. The second kappa shape index (κ2) is 6.26. The summed E-state index contributed by atoms with van der Waals surface area (Å²) in [5.41, 5.74) is -1.25. The first-order valence-electron chi connectivity index (χ1n) is 5.90. The minimum Gasteiger partial charge on any atom is -0.480 e. The number of hydrogen-bond acceptors (Lipinski definition) is 3. The van der Waals surface area contributed by atoms with E-state index in [1.54, 1.807) is 0 Å². The number of ether oxygens (including phenoxy) is 1. The van der Waals surface area contributed by atoms with Gasteiger partial charge in [-0.3, -0.25) is 0 Å². The van der Waals surface area contributed by atoms with Gasteiger partial charge in [0.15, 0.2) is 0 Å². The molecule has 0 bridgehead atoms. The van der Waals surface area contributed by atoms with E-state index < -0.39 is 23.6 Å². The minimum absolute atomic E-state index is 0.253. The van der Waals surface area contributed by atoms with Crippen LogP contribution in [0.2, 0.25) is 0 Å². The predicted molar refractivity (Wildman–Crippen MR) is 65.0 cm³/mol. The molecule has 3 N–H and O–H groups in total. The fourth-order valence-electron chi connectivity index (χ4n) is 1.79. The zero-order valence-electron chi connectivity index (χ0n) is 10.4. The van der Waals surface area contributed by atoms with Gasteiger partial charge in [-0.1, -0.05) is 12.8 Å². The van der Waals surface area contributed by atoms with E-state index in [0.29, 0.717) is 19.6 Å². The third kappa shape index (κ3) is 3.37. The lowest BCUT2D eigenvalue weighted by molar-refractivity contribution is -0.148. The summed E-state index contributed by atoms with van der Waals surface area (Å²) in [6, 6.07) is -0.945. The van der Waals surface area contributed by atoms with E-state index in [0.717, 1.165) is 0 Å². The second-order valence-corrected chi connectivity index (χ2v) is 4.23. The Hall–Kier alpha value is -1.74. The fraction of sp³-hybridized carbons (Fsp3) is 0.667. The first kappa shape index (κ1) is 14.3. The molecule has 0 saturated carbocycles.